The lowest BCUT2D eigenvalue weighted by Crippen LogP contribution is -2.38. The maximum absolute atomic E-state index is 12.0. The average molecular weight is 321 g/mol. The largest absolute Gasteiger partial charge is 0.358 e. The number of H-pyrrole nitrogens is 1. The minimum absolute atomic E-state index is 0.0728. The minimum atomic E-state index is -0.611. The molecule has 1 N–H and O–H groups in total. The summed E-state index contributed by atoms with van der Waals surface area (Å²) >= 11 is 4.81. The Kier molecular flexibility index (Phi) is 3.67. The molecule has 1 fully saturated rings. The molecule has 1 amide bonds. The zero-order chi connectivity index (χ0) is 12.4. The monoisotopic (exact) mass is 320 g/mol. The van der Waals surface area contributed by atoms with Crippen molar-refractivity contribution in [1.29, 1.82) is 0 Å². The zero-order valence-corrected chi connectivity index (χ0v) is 11.1. The van der Waals surface area contributed by atoms with E-state index in [0.29, 0.717) is 13.1 Å². The van der Waals surface area contributed by atoms with Gasteiger partial charge in [-0.1, -0.05) is 5.10 Å². The molecule has 1 aromatic heterocycles. The van der Waals surface area contributed by atoms with E-state index < -0.39 is 4.92 Å². The number of nitro groups is 1. The fourth-order valence-corrected chi connectivity index (χ4v) is 2.89. The van der Waals surface area contributed by atoms with Crippen molar-refractivity contribution in [2.75, 3.05) is 24.6 Å². The van der Waals surface area contributed by atoms with Gasteiger partial charge in [-0.2, -0.15) is 11.8 Å². The normalized spacial score (nSPS) is 15.9. The van der Waals surface area contributed by atoms with Crippen molar-refractivity contribution in [2.24, 2.45) is 0 Å². The third-order valence-electron chi connectivity index (χ3n) is 2.37. The van der Waals surface area contributed by atoms with Crippen LogP contribution in [-0.2, 0) is 0 Å². The number of thioether (sulfide) groups is 1. The summed E-state index contributed by atoms with van der Waals surface area (Å²) in [5.41, 5.74) is 0.0728. The van der Waals surface area contributed by atoms with E-state index in [0.717, 1.165) is 11.5 Å². The Hall–Kier alpha value is -1.09. The Labute approximate surface area is 109 Å². The zero-order valence-electron chi connectivity index (χ0n) is 8.68. The molecule has 1 aliphatic rings. The van der Waals surface area contributed by atoms with Gasteiger partial charge in [0.2, 0.25) is 0 Å². The lowest BCUT2D eigenvalue weighted by Gasteiger charge is -2.25. The summed E-state index contributed by atoms with van der Waals surface area (Å²) in [6, 6.07) is 0. The maximum atomic E-state index is 12.0. The van der Waals surface area contributed by atoms with Crippen LogP contribution in [0.4, 0.5) is 5.82 Å². The predicted octanol–water partition coefficient (Wildman–Crippen LogP) is 1.27. The van der Waals surface area contributed by atoms with Gasteiger partial charge in [0.05, 0.1) is 0 Å². The van der Waals surface area contributed by atoms with Crippen molar-refractivity contribution in [3.63, 3.8) is 0 Å². The SMILES string of the molecule is O=C(c1n[nH]c([N+](=O)[O-])c1Br)N1CCSCC1. The number of halogens is 1. The lowest BCUT2D eigenvalue weighted by molar-refractivity contribution is -0.390. The van der Waals surface area contributed by atoms with E-state index in [4.69, 9.17) is 0 Å². The van der Waals surface area contributed by atoms with E-state index in [1.54, 1.807) is 16.7 Å². The fourth-order valence-electron chi connectivity index (χ4n) is 1.50. The highest BCUT2D eigenvalue weighted by molar-refractivity contribution is 9.10. The van der Waals surface area contributed by atoms with Crippen LogP contribution in [0.1, 0.15) is 10.5 Å². The number of aromatic nitrogens is 2. The van der Waals surface area contributed by atoms with Crippen LogP contribution in [0.25, 0.3) is 0 Å². The standard InChI is InChI=1S/C8H9BrN4O3S/c9-5-6(10-11-7(5)13(15)16)8(14)12-1-3-17-4-2-12/h1-4H2,(H,10,11). The summed E-state index contributed by atoms with van der Waals surface area (Å²) in [4.78, 5) is 23.7. The van der Waals surface area contributed by atoms with Crippen LogP contribution >= 0.6 is 27.7 Å². The molecule has 0 aromatic carbocycles. The Morgan fingerprint density at radius 3 is 2.71 bits per heavy atom. The average Bonchev–Trinajstić information content (AvgIpc) is 2.71. The highest BCUT2D eigenvalue weighted by Gasteiger charge is 2.28. The molecule has 0 spiro atoms. The molecule has 0 radical (unpaired) electrons. The van der Waals surface area contributed by atoms with Gasteiger partial charge >= 0.3 is 5.82 Å². The van der Waals surface area contributed by atoms with Crippen LogP contribution in [0.2, 0.25) is 0 Å². The molecule has 0 atom stereocenters. The number of amides is 1. The molecule has 92 valence electrons. The van der Waals surface area contributed by atoms with E-state index >= 15 is 0 Å². The van der Waals surface area contributed by atoms with Crippen molar-refractivity contribution in [2.45, 2.75) is 0 Å². The third-order valence-corrected chi connectivity index (χ3v) is 4.07. The Bertz CT molecular complexity index is 458. The minimum Gasteiger partial charge on any atom is -0.358 e. The van der Waals surface area contributed by atoms with E-state index in [9.17, 15) is 14.9 Å². The van der Waals surface area contributed by atoms with Gasteiger partial charge in [-0.3, -0.25) is 4.79 Å². The van der Waals surface area contributed by atoms with E-state index in [-0.39, 0.29) is 21.9 Å². The molecule has 17 heavy (non-hydrogen) atoms. The van der Waals surface area contributed by atoms with Crippen LogP contribution in [0.3, 0.4) is 0 Å². The Morgan fingerprint density at radius 2 is 2.18 bits per heavy atom. The Balaban J connectivity index is 2.21. The van der Waals surface area contributed by atoms with E-state index in [2.05, 4.69) is 26.1 Å². The number of hydrogen-bond donors (Lipinski definition) is 1. The molecule has 2 rings (SSSR count). The molecule has 1 aliphatic heterocycles. The van der Waals surface area contributed by atoms with Gasteiger partial charge in [-0.05, 0) is 20.9 Å². The third kappa shape index (κ3) is 2.44. The number of carbonyl (C=O) groups excluding carboxylic acids is 1. The number of hydrogen-bond acceptors (Lipinski definition) is 5. The second-order valence-corrected chi connectivity index (χ2v) is 5.41. The molecule has 0 aliphatic carbocycles. The van der Waals surface area contributed by atoms with Gasteiger partial charge in [0.1, 0.15) is 4.47 Å². The maximum Gasteiger partial charge on any atom is 0.357 e. The fraction of sp³-hybridized carbons (Fsp3) is 0.500. The smallest absolute Gasteiger partial charge is 0.357 e. The first kappa shape index (κ1) is 12.4. The number of nitrogens with one attached hydrogen (secondary N) is 1. The number of carbonyl (C=O) groups is 1. The molecule has 7 nitrogen and oxygen atoms in total. The first-order valence-corrected chi connectivity index (χ1v) is 6.81. The van der Waals surface area contributed by atoms with Gasteiger partial charge in [0.15, 0.2) is 5.69 Å². The van der Waals surface area contributed by atoms with Crippen LogP contribution < -0.4 is 0 Å². The second kappa shape index (κ2) is 5.05. The van der Waals surface area contributed by atoms with Gasteiger partial charge in [-0.25, -0.2) is 0 Å². The first-order chi connectivity index (χ1) is 8.11. The lowest BCUT2D eigenvalue weighted by atomic mass is 10.3. The van der Waals surface area contributed by atoms with Gasteiger partial charge < -0.3 is 15.0 Å². The molecule has 0 saturated carbocycles. The van der Waals surface area contributed by atoms with Gasteiger partial charge in [0, 0.05) is 24.6 Å². The predicted molar refractivity (Wildman–Crippen MR) is 66.2 cm³/mol. The molecule has 2 heterocycles. The van der Waals surface area contributed by atoms with Crippen LogP contribution in [-0.4, -0.2) is 50.5 Å². The summed E-state index contributed by atoms with van der Waals surface area (Å²) < 4.78 is 0.116. The number of rotatable bonds is 2. The molecular weight excluding hydrogens is 312 g/mol. The number of aromatic amines is 1. The summed E-state index contributed by atoms with van der Waals surface area (Å²) in [7, 11) is 0. The van der Waals surface area contributed by atoms with Crippen molar-refractivity contribution >= 4 is 39.4 Å². The summed E-state index contributed by atoms with van der Waals surface area (Å²) in [5, 5.41) is 16.6. The van der Waals surface area contributed by atoms with E-state index in [1.165, 1.54) is 0 Å². The summed E-state index contributed by atoms with van der Waals surface area (Å²) in [6.07, 6.45) is 0. The molecule has 0 unspecified atom stereocenters. The van der Waals surface area contributed by atoms with Crippen molar-refractivity contribution in [3.8, 4) is 0 Å². The molecular formula is C8H9BrN4O3S. The first-order valence-electron chi connectivity index (χ1n) is 4.86. The van der Waals surface area contributed by atoms with Crippen molar-refractivity contribution in [3.05, 3.63) is 20.3 Å². The van der Waals surface area contributed by atoms with Crippen LogP contribution in [0.5, 0.6) is 0 Å². The molecule has 9 heteroatoms. The summed E-state index contributed by atoms with van der Waals surface area (Å²) in [6.45, 7) is 1.30. The van der Waals surface area contributed by atoms with Gasteiger partial charge in [0.25, 0.3) is 5.91 Å². The molecule has 0 bridgehead atoms. The van der Waals surface area contributed by atoms with Crippen molar-refractivity contribution in [1.82, 2.24) is 15.1 Å². The highest BCUT2D eigenvalue weighted by atomic mass is 79.9. The molecule has 1 saturated heterocycles. The van der Waals surface area contributed by atoms with E-state index in [1.807, 2.05) is 0 Å². The van der Waals surface area contributed by atoms with Gasteiger partial charge in [-0.15, -0.1) is 5.10 Å². The van der Waals surface area contributed by atoms with Crippen LogP contribution in [0, 0.1) is 10.1 Å². The number of nitrogens with zero attached hydrogens (tertiary/aromatic N) is 3. The quantitative estimate of drug-likeness (QED) is 0.654. The second-order valence-electron chi connectivity index (χ2n) is 3.40. The molecule has 1 aromatic rings. The highest BCUT2D eigenvalue weighted by Crippen LogP contribution is 2.26. The Morgan fingerprint density at radius 1 is 1.53 bits per heavy atom. The topological polar surface area (TPSA) is 92.1 Å². The van der Waals surface area contributed by atoms with Crippen LogP contribution in [0.15, 0.2) is 4.47 Å². The summed E-state index contributed by atoms with van der Waals surface area (Å²) in [5.74, 6) is 1.20. The van der Waals surface area contributed by atoms with Crippen molar-refractivity contribution < 1.29 is 9.72 Å².